The molecule has 1 N–H and O–H groups in total. The number of amides is 1. The monoisotopic (exact) mass is 321 g/mol. The van der Waals surface area contributed by atoms with Crippen LogP contribution in [-0.4, -0.2) is 13.5 Å². The number of rotatable bonds is 3. The van der Waals surface area contributed by atoms with Crippen molar-refractivity contribution in [3.05, 3.63) is 23.8 Å². The van der Waals surface area contributed by atoms with Crippen LogP contribution in [0.15, 0.2) is 18.2 Å². The van der Waals surface area contributed by atoms with E-state index >= 15 is 0 Å². The Kier molecular flexibility index (Phi) is 12.1. The molecular formula is C20H35NO2. The van der Waals surface area contributed by atoms with Crippen molar-refractivity contribution >= 4 is 12.1 Å². The summed E-state index contributed by atoms with van der Waals surface area (Å²) in [6, 6.07) is 5.48. The molecule has 1 aliphatic carbocycles. The second-order valence-corrected chi connectivity index (χ2v) is 6.53. The van der Waals surface area contributed by atoms with Crippen LogP contribution in [0.3, 0.4) is 0 Å². The van der Waals surface area contributed by atoms with E-state index < -0.39 is 0 Å². The predicted molar refractivity (Wildman–Crippen MR) is 100 cm³/mol. The third-order valence-corrected chi connectivity index (χ3v) is 3.85. The van der Waals surface area contributed by atoms with Crippen LogP contribution < -0.4 is 10.1 Å². The molecule has 0 heterocycles. The first-order valence-electron chi connectivity index (χ1n) is 8.83. The van der Waals surface area contributed by atoms with Gasteiger partial charge in [-0.1, -0.05) is 53.4 Å². The van der Waals surface area contributed by atoms with Crippen molar-refractivity contribution in [3.8, 4) is 5.75 Å². The Bertz CT molecular complexity index is 424. The van der Waals surface area contributed by atoms with Gasteiger partial charge in [-0.3, -0.25) is 4.79 Å². The first-order chi connectivity index (χ1) is 11.0. The molecule has 0 aromatic heterocycles. The van der Waals surface area contributed by atoms with Gasteiger partial charge >= 0.3 is 0 Å². The molecule has 1 amide bonds. The molecule has 1 aliphatic rings. The van der Waals surface area contributed by atoms with Crippen molar-refractivity contribution in [1.29, 1.82) is 0 Å². The van der Waals surface area contributed by atoms with Gasteiger partial charge in [-0.15, -0.1) is 0 Å². The summed E-state index contributed by atoms with van der Waals surface area (Å²) >= 11 is 0. The summed E-state index contributed by atoms with van der Waals surface area (Å²) < 4.78 is 5.01. The number of hydrogen-bond donors (Lipinski definition) is 1. The summed E-state index contributed by atoms with van der Waals surface area (Å²) in [7, 11) is 1.61. The Labute approximate surface area is 142 Å². The van der Waals surface area contributed by atoms with Crippen molar-refractivity contribution < 1.29 is 9.53 Å². The van der Waals surface area contributed by atoms with Gasteiger partial charge < -0.3 is 10.1 Å². The molecule has 3 nitrogen and oxygen atoms in total. The SMILES string of the molecule is CC1CCCC(C)C1.CCC.COc1ccc(NC=O)c(C)c1. The number of anilines is 1. The summed E-state index contributed by atoms with van der Waals surface area (Å²) in [5.74, 6) is 2.82. The Hall–Kier alpha value is -1.51. The zero-order valence-corrected chi connectivity index (χ0v) is 15.8. The van der Waals surface area contributed by atoms with Crippen LogP contribution in [0.4, 0.5) is 5.69 Å². The third-order valence-electron chi connectivity index (χ3n) is 3.85. The number of benzene rings is 1. The van der Waals surface area contributed by atoms with Crippen molar-refractivity contribution in [2.45, 2.75) is 66.7 Å². The average Bonchev–Trinajstić information content (AvgIpc) is 2.50. The van der Waals surface area contributed by atoms with E-state index in [4.69, 9.17) is 4.74 Å². The van der Waals surface area contributed by atoms with Gasteiger partial charge in [0.15, 0.2) is 0 Å². The smallest absolute Gasteiger partial charge is 0.211 e. The van der Waals surface area contributed by atoms with Crippen LogP contribution in [0.1, 0.15) is 65.4 Å². The van der Waals surface area contributed by atoms with Crippen molar-refractivity contribution in [1.82, 2.24) is 0 Å². The molecule has 2 atom stereocenters. The Morgan fingerprint density at radius 3 is 2.13 bits per heavy atom. The first kappa shape index (κ1) is 21.5. The molecule has 23 heavy (non-hydrogen) atoms. The fourth-order valence-electron chi connectivity index (χ4n) is 2.73. The zero-order valence-electron chi connectivity index (χ0n) is 15.8. The largest absolute Gasteiger partial charge is 0.497 e. The minimum Gasteiger partial charge on any atom is -0.497 e. The molecule has 1 aromatic rings. The van der Waals surface area contributed by atoms with E-state index in [1.54, 1.807) is 13.2 Å². The minimum absolute atomic E-state index is 0.662. The van der Waals surface area contributed by atoms with Crippen LogP contribution >= 0.6 is 0 Å². The van der Waals surface area contributed by atoms with Gasteiger partial charge in [0, 0.05) is 5.69 Å². The highest BCUT2D eigenvalue weighted by molar-refractivity contribution is 5.73. The second-order valence-electron chi connectivity index (χ2n) is 6.53. The maximum Gasteiger partial charge on any atom is 0.211 e. The quantitative estimate of drug-likeness (QED) is 0.712. The van der Waals surface area contributed by atoms with Gasteiger partial charge in [0.2, 0.25) is 6.41 Å². The van der Waals surface area contributed by atoms with Gasteiger partial charge in [0.1, 0.15) is 5.75 Å². The van der Waals surface area contributed by atoms with Gasteiger partial charge in [-0.25, -0.2) is 0 Å². The van der Waals surface area contributed by atoms with E-state index in [-0.39, 0.29) is 0 Å². The fraction of sp³-hybridized carbons (Fsp3) is 0.650. The van der Waals surface area contributed by atoms with Gasteiger partial charge in [-0.2, -0.15) is 0 Å². The van der Waals surface area contributed by atoms with Crippen molar-refractivity contribution in [3.63, 3.8) is 0 Å². The second kappa shape index (κ2) is 13.0. The lowest BCUT2D eigenvalue weighted by molar-refractivity contribution is -0.105. The van der Waals surface area contributed by atoms with Crippen molar-refractivity contribution in [2.75, 3.05) is 12.4 Å². The number of nitrogens with one attached hydrogen (secondary N) is 1. The lowest BCUT2D eigenvalue weighted by atomic mass is 9.84. The first-order valence-corrected chi connectivity index (χ1v) is 8.83. The van der Waals surface area contributed by atoms with E-state index in [0.717, 1.165) is 28.8 Å². The molecule has 0 bridgehead atoms. The van der Waals surface area contributed by atoms with Crippen LogP contribution in [0.5, 0.6) is 5.75 Å². The number of aryl methyl sites for hydroxylation is 1. The molecule has 2 unspecified atom stereocenters. The lowest BCUT2D eigenvalue weighted by Crippen LogP contribution is -2.09. The van der Waals surface area contributed by atoms with Crippen LogP contribution in [0.25, 0.3) is 0 Å². The molecule has 0 saturated heterocycles. The molecule has 0 radical (unpaired) electrons. The molecule has 3 heteroatoms. The number of carbonyl (C=O) groups excluding carboxylic acids is 1. The Balaban J connectivity index is 0.000000379. The molecule has 1 saturated carbocycles. The van der Waals surface area contributed by atoms with Crippen LogP contribution in [0.2, 0.25) is 0 Å². The number of ether oxygens (including phenoxy) is 1. The van der Waals surface area contributed by atoms with E-state index in [9.17, 15) is 4.79 Å². The summed E-state index contributed by atoms with van der Waals surface area (Å²) in [5, 5.41) is 2.59. The number of methoxy groups -OCH3 is 1. The fourth-order valence-corrected chi connectivity index (χ4v) is 2.73. The molecule has 0 aliphatic heterocycles. The maximum absolute atomic E-state index is 10.1. The van der Waals surface area contributed by atoms with Gasteiger partial charge in [-0.05, 0) is 48.9 Å². The third kappa shape index (κ3) is 9.98. The standard InChI is InChI=1S/C9H11NO2.C8H16.C3H8/c1-7-5-8(12-2)3-4-9(7)10-6-11;1-7-4-3-5-8(2)6-7;1-3-2/h3-6H,1-2H3,(H,10,11);7-8H,3-6H2,1-2H3;3H2,1-2H3. The van der Waals surface area contributed by atoms with Gasteiger partial charge in [0.25, 0.3) is 0 Å². The molecule has 2 rings (SSSR count). The normalized spacial score (nSPS) is 19.4. The minimum atomic E-state index is 0.662. The molecule has 132 valence electrons. The summed E-state index contributed by atoms with van der Waals surface area (Å²) in [4.78, 5) is 10.1. The highest BCUT2D eigenvalue weighted by Crippen LogP contribution is 2.27. The van der Waals surface area contributed by atoms with E-state index in [1.165, 1.54) is 32.1 Å². The summed E-state index contributed by atoms with van der Waals surface area (Å²) in [5.41, 5.74) is 1.80. The zero-order chi connectivity index (χ0) is 17.7. The Morgan fingerprint density at radius 1 is 1.22 bits per heavy atom. The highest BCUT2D eigenvalue weighted by Gasteiger charge is 2.13. The van der Waals surface area contributed by atoms with Crippen LogP contribution in [-0.2, 0) is 4.79 Å². The van der Waals surface area contributed by atoms with E-state index in [2.05, 4.69) is 33.0 Å². The molecule has 1 aromatic carbocycles. The highest BCUT2D eigenvalue weighted by atomic mass is 16.5. The summed E-state index contributed by atoms with van der Waals surface area (Å²) in [6.07, 6.45) is 7.81. The number of carbonyl (C=O) groups is 1. The topological polar surface area (TPSA) is 38.3 Å². The predicted octanol–water partition coefficient (Wildman–Crippen LogP) is 5.82. The van der Waals surface area contributed by atoms with Gasteiger partial charge in [0.05, 0.1) is 7.11 Å². The maximum atomic E-state index is 10.1. The van der Waals surface area contributed by atoms with Crippen LogP contribution in [0, 0.1) is 18.8 Å². The molecule has 1 fully saturated rings. The Morgan fingerprint density at radius 2 is 1.78 bits per heavy atom. The van der Waals surface area contributed by atoms with E-state index in [1.807, 2.05) is 19.1 Å². The molecule has 0 spiro atoms. The lowest BCUT2D eigenvalue weighted by Gasteiger charge is -2.22. The average molecular weight is 322 g/mol. The number of hydrogen-bond acceptors (Lipinski definition) is 2. The van der Waals surface area contributed by atoms with E-state index in [0.29, 0.717) is 6.41 Å². The van der Waals surface area contributed by atoms with Crippen molar-refractivity contribution in [2.24, 2.45) is 11.8 Å². The molecular weight excluding hydrogens is 286 g/mol. The summed E-state index contributed by atoms with van der Waals surface area (Å²) in [6.45, 7) is 10.9.